The first kappa shape index (κ1) is 18.9. The van der Waals surface area contributed by atoms with E-state index < -0.39 is 11.9 Å². The Bertz CT molecular complexity index is 1160. The maximum atomic E-state index is 12.1. The lowest BCUT2D eigenvalue weighted by Gasteiger charge is -2.27. The van der Waals surface area contributed by atoms with Gasteiger partial charge in [-0.3, -0.25) is 0 Å². The van der Waals surface area contributed by atoms with Gasteiger partial charge in [0.2, 0.25) is 11.6 Å². The van der Waals surface area contributed by atoms with Gasteiger partial charge in [0.25, 0.3) is 0 Å². The van der Waals surface area contributed by atoms with Crippen LogP contribution in [0.1, 0.15) is 27.6 Å². The molecule has 4 rings (SSSR count). The lowest BCUT2D eigenvalue weighted by molar-refractivity contribution is 0.0701. The van der Waals surface area contributed by atoms with Gasteiger partial charge in [-0.2, -0.15) is 5.26 Å². The molecule has 1 unspecified atom stereocenters. The van der Waals surface area contributed by atoms with Gasteiger partial charge in [-0.05, 0) is 30.3 Å². The van der Waals surface area contributed by atoms with Crippen molar-refractivity contribution in [3.8, 4) is 17.6 Å². The maximum Gasteiger partial charge on any atom is 0.379 e. The SMILES string of the molecule is N#CC1=C(N)Oc2cc(OC(=O)c3ccco3)ccc2C1c1c(Cl)cccc1Cl. The number of ether oxygens (including phenoxy) is 2. The minimum Gasteiger partial charge on any atom is -0.457 e. The third-order valence-electron chi connectivity index (χ3n) is 4.41. The molecule has 2 N–H and O–H groups in total. The van der Waals surface area contributed by atoms with Crippen LogP contribution in [0.2, 0.25) is 10.0 Å². The van der Waals surface area contributed by atoms with Crippen molar-refractivity contribution in [1.29, 1.82) is 5.26 Å². The Morgan fingerprint density at radius 2 is 1.90 bits per heavy atom. The van der Waals surface area contributed by atoms with Crippen molar-refractivity contribution in [2.45, 2.75) is 5.92 Å². The standard InChI is InChI=1S/C21H12Cl2N2O4/c22-14-3-1-4-15(23)19(14)18-12-7-6-11(28-21(26)16-5-2-8-27-16)9-17(12)29-20(25)13(18)10-24/h1-9,18H,25H2. The average molecular weight is 427 g/mol. The Morgan fingerprint density at radius 3 is 2.55 bits per heavy atom. The van der Waals surface area contributed by atoms with Crippen molar-refractivity contribution in [2.24, 2.45) is 5.73 Å². The van der Waals surface area contributed by atoms with Crippen molar-refractivity contribution in [1.82, 2.24) is 0 Å². The van der Waals surface area contributed by atoms with Crippen molar-refractivity contribution < 1.29 is 18.7 Å². The summed E-state index contributed by atoms with van der Waals surface area (Å²) < 4.78 is 16.0. The molecule has 1 aliphatic heterocycles. The largest absolute Gasteiger partial charge is 0.457 e. The number of esters is 1. The van der Waals surface area contributed by atoms with Gasteiger partial charge < -0.3 is 19.6 Å². The van der Waals surface area contributed by atoms with Gasteiger partial charge in [0.05, 0.1) is 12.2 Å². The highest BCUT2D eigenvalue weighted by molar-refractivity contribution is 6.36. The maximum absolute atomic E-state index is 12.1. The van der Waals surface area contributed by atoms with Crippen LogP contribution in [0.15, 0.2) is 70.7 Å². The zero-order valence-corrected chi connectivity index (χ0v) is 16.2. The summed E-state index contributed by atoms with van der Waals surface area (Å²) in [5.41, 5.74) is 7.33. The van der Waals surface area contributed by atoms with Crippen LogP contribution in [0.4, 0.5) is 0 Å². The molecule has 1 aliphatic rings. The summed E-state index contributed by atoms with van der Waals surface area (Å²) in [5.74, 6) is -0.738. The quantitative estimate of drug-likeness (QED) is 0.465. The molecule has 1 aromatic heterocycles. The third-order valence-corrected chi connectivity index (χ3v) is 5.07. The number of carbonyl (C=O) groups is 1. The molecule has 0 aliphatic carbocycles. The van der Waals surface area contributed by atoms with Crippen molar-refractivity contribution in [3.05, 3.63) is 93.2 Å². The molecule has 3 aromatic rings. The molecule has 0 radical (unpaired) electrons. The highest BCUT2D eigenvalue weighted by Crippen LogP contribution is 2.47. The highest BCUT2D eigenvalue weighted by atomic mass is 35.5. The molecule has 0 bridgehead atoms. The smallest absolute Gasteiger partial charge is 0.379 e. The Kier molecular flexibility index (Phi) is 4.93. The van der Waals surface area contributed by atoms with Gasteiger partial charge in [-0.25, -0.2) is 4.79 Å². The number of furan rings is 1. The first-order chi connectivity index (χ1) is 14.0. The predicted molar refractivity (Wildman–Crippen MR) is 106 cm³/mol. The van der Waals surface area contributed by atoms with Crippen LogP contribution in [0, 0.1) is 11.3 Å². The number of allylic oxidation sites excluding steroid dienone is 1. The lowest BCUT2D eigenvalue weighted by Crippen LogP contribution is -2.21. The molecule has 0 fully saturated rings. The Hall–Kier alpha value is -3.40. The molecule has 0 spiro atoms. The monoisotopic (exact) mass is 426 g/mol. The fraction of sp³-hybridized carbons (Fsp3) is 0.0476. The molecular formula is C21H12Cl2N2O4. The number of fused-ring (bicyclic) bond motifs is 1. The van der Waals surface area contributed by atoms with E-state index in [-0.39, 0.29) is 23.0 Å². The summed E-state index contributed by atoms with van der Waals surface area (Å²) in [6.07, 6.45) is 1.37. The van der Waals surface area contributed by atoms with Gasteiger partial charge in [-0.15, -0.1) is 0 Å². The lowest BCUT2D eigenvalue weighted by atomic mass is 9.83. The number of carbonyl (C=O) groups excluding carboxylic acids is 1. The topological polar surface area (TPSA) is 98.5 Å². The first-order valence-corrected chi connectivity index (χ1v) is 9.16. The van der Waals surface area contributed by atoms with Crippen LogP contribution in [-0.2, 0) is 0 Å². The third kappa shape index (κ3) is 3.42. The van der Waals surface area contributed by atoms with E-state index >= 15 is 0 Å². The van der Waals surface area contributed by atoms with Gasteiger partial charge in [0.15, 0.2) is 0 Å². The number of halogens is 2. The molecule has 0 amide bonds. The van der Waals surface area contributed by atoms with Crippen molar-refractivity contribution in [2.75, 3.05) is 0 Å². The van der Waals surface area contributed by atoms with Crippen LogP contribution in [0.25, 0.3) is 0 Å². The van der Waals surface area contributed by atoms with E-state index in [1.165, 1.54) is 18.4 Å². The molecular weight excluding hydrogens is 415 g/mol. The molecule has 2 heterocycles. The average Bonchev–Trinajstić information content (AvgIpc) is 3.22. The van der Waals surface area contributed by atoms with E-state index in [4.69, 9.17) is 42.8 Å². The Morgan fingerprint density at radius 1 is 1.14 bits per heavy atom. The van der Waals surface area contributed by atoms with E-state index in [9.17, 15) is 10.1 Å². The van der Waals surface area contributed by atoms with E-state index in [1.54, 1.807) is 36.4 Å². The van der Waals surface area contributed by atoms with Gasteiger partial charge in [-0.1, -0.05) is 35.3 Å². The molecule has 8 heteroatoms. The minimum absolute atomic E-state index is 0.0653. The fourth-order valence-corrected chi connectivity index (χ4v) is 3.75. The summed E-state index contributed by atoms with van der Waals surface area (Å²) in [7, 11) is 0. The summed E-state index contributed by atoms with van der Waals surface area (Å²) in [6.45, 7) is 0. The summed E-state index contributed by atoms with van der Waals surface area (Å²) in [4.78, 5) is 12.1. The van der Waals surface area contributed by atoms with Crippen LogP contribution in [0.3, 0.4) is 0 Å². The second-order valence-electron chi connectivity index (χ2n) is 6.13. The molecule has 0 saturated heterocycles. The number of hydrogen-bond acceptors (Lipinski definition) is 6. The second kappa shape index (κ2) is 7.55. The minimum atomic E-state index is -0.655. The van der Waals surface area contributed by atoms with Crippen LogP contribution >= 0.6 is 23.2 Å². The number of benzene rings is 2. The normalized spacial score (nSPS) is 15.3. The molecule has 144 valence electrons. The number of nitriles is 1. The number of hydrogen-bond donors (Lipinski definition) is 1. The molecule has 2 aromatic carbocycles. The van der Waals surface area contributed by atoms with E-state index in [0.29, 0.717) is 26.9 Å². The molecule has 29 heavy (non-hydrogen) atoms. The highest BCUT2D eigenvalue weighted by Gasteiger charge is 2.33. The Labute approximate surface area is 175 Å². The van der Waals surface area contributed by atoms with Gasteiger partial charge in [0, 0.05) is 27.2 Å². The zero-order chi connectivity index (χ0) is 20.5. The van der Waals surface area contributed by atoms with Gasteiger partial charge >= 0.3 is 5.97 Å². The Balaban J connectivity index is 1.78. The van der Waals surface area contributed by atoms with Crippen LogP contribution in [0.5, 0.6) is 11.5 Å². The van der Waals surface area contributed by atoms with Crippen LogP contribution < -0.4 is 15.2 Å². The fourth-order valence-electron chi connectivity index (χ4n) is 3.13. The summed E-state index contributed by atoms with van der Waals surface area (Å²) >= 11 is 12.8. The number of nitrogens with zero attached hydrogens (tertiary/aromatic N) is 1. The summed E-state index contributed by atoms with van der Waals surface area (Å²) in [5, 5.41) is 10.4. The second-order valence-corrected chi connectivity index (χ2v) is 6.94. The molecule has 0 saturated carbocycles. The van der Waals surface area contributed by atoms with E-state index in [0.717, 1.165) is 0 Å². The van der Waals surface area contributed by atoms with Crippen molar-refractivity contribution in [3.63, 3.8) is 0 Å². The first-order valence-electron chi connectivity index (χ1n) is 8.40. The van der Waals surface area contributed by atoms with Crippen LogP contribution in [-0.4, -0.2) is 5.97 Å². The van der Waals surface area contributed by atoms with E-state index in [2.05, 4.69) is 6.07 Å². The number of rotatable bonds is 3. The number of nitrogens with two attached hydrogens (primary N) is 1. The predicted octanol–water partition coefficient (Wildman–Crippen LogP) is 5.02. The zero-order valence-electron chi connectivity index (χ0n) is 14.7. The molecule has 1 atom stereocenters. The van der Waals surface area contributed by atoms with E-state index in [1.807, 2.05) is 0 Å². The summed E-state index contributed by atoms with van der Waals surface area (Å²) in [6, 6.07) is 15.0. The molecule has 6 nitrogen and oxygen atoms in total. The van der Waals surface area contributed by atoms with Crippen molar-refractivity contribution >= 4 is 29.2 Å². The van der Waals surface area contributed by atoms with Gasteiger partial charge in [0.1, 0.15) is 23.1 Å².